The van der Waals surface area contributed by atoms with Gasteiger partial charge < -0.3 is 4.42 Å². The molecule has 0 saturated carbocycles. The van der Waals surface area contributed by atoms with Crippen molar-refractivity contribution in [2.24, 2.45) is 4.36 Å². The molecule has 112 valence electrons. The third-order valence-corrected chi connectivity index (χ3v) is 4.65. The second-order valence-corrected chi connectivity index (χ2v) is 7.05. The van der Waals surface area contributed by atoms with Crippen LogP contribution in [0.2, 0.25) is 5.02 Å². The Kier molecular flexibility index (Phi) is 4.81. The highest BCUT2D eigenvalue weighted by Crippen LogP contribution is 2.17. The maximum atomic E-state index is 12.5. The van der Waals surface area contributed by atoms with Crippen LogP contribution in [0.1, 0.15) is 10.6 Å². The number of ketones is 1. The minimum Gasteiger partial charge on any atom is -0.461 e. The fraction of sp³-hybridized carbons (Fsp3) is 0.0667. The number of Topliss-reactive ketones (excluding diaryl/α,β-unsaturated/α-hetero) is 1. The molecule has 0 aliphatic rings. The molecular weight excluding hydrogens is 324 g/mol. The summed E-state index contributed by atoms with van der Waals surface area (Å²) >= 11 is 5.78. The van der Waals surface area contributed by atoms with E-state index >= 15 is 0 Å². The van der Waals surface area contributed by atoms with Crippen LogP contribution in [0.3, 0.4) is 0 Å². The van der Waals surface area contributed by atoms with Gasteiger partial charge in [0.25, 0.3) is 0 Å². The molecule has 1 aromatic heterocycles. The quantitative estimate of drug-likeness (QED) is 0.485. The van der Waals surface area contributed by atoms with Crippen LogP contribution in [0.25, 0.3) is 0 Å². The minimum atomic E-state index is -2.78. The highest BCUT2D eigenvalue weighted by atomic mass is 35.5. The van der Waals surface area contributed by atoms with Gasteiger partial charge in [-0.2, -0.15) is 5.26 Å². The third kappa shape index (κ3) is 3.64. The van der Waals surface area contributed by atoms with E-state index in [-0.39, 0.29) is 11.3 Å². The summed E-state index contributed by atoms with van der Waals surface area (Å²) in [4.78, 5) is 12.4. The minimum absolute atomic E-state index is 0.0251. The van der Waals surface area contributed by atoms with Crippen LogP contribution < -0.4 is 0 Å². The van der Waals surface area contributed by atoms with Crippen molar-refractivity contribution in [3.05, 3.63) is 65.2 Å². The van der Waals surface area contributed by atoms with Crippen molar-refractivity contribution in [3.63, 3.8) is 0 Å². The Morgan fingerprint density at radius 2 is 2.05 bits per heavy atom. The Balaban J connectivity index is 2.38. The van der Waals surface area contributed by atoms with Gasteiger partial charge in [-0.05, 0) is 36.4 Å². The van der Waals surface area contributed by atoms with Crippen LogP contribution in [0.15, 0.2) is 68.1 Å². The van der Waals surface area contributed by atoms with Gasteiger partial charge >= 0.3 is 0 Å². The van der Waals surface area contributed by atoms with Crippen molar-refractivity contribution in [2.45, 2.75) is 4.90 Å². The van der Waals surface area contributed by atoms with Crippen molar-refractivity contribution in [2.75, 3.05) is 6.26 Å². The van der Waals surface area contributed by atoms with Gasteiger partial charge in [0.15, 0.2) is 5.76 Å². The van der Waals surface area contributed by atoms with Crippen LogP contribution in [0, 0.1) is 11.3 Å². The third-order valence-electron chi connectivity index (χ3n) is 2.74. The second kappa shape index (κ2) is 6.60. The maximum absolute atomic E-state index is 12.5. The lowest BCUT2D eigenvalue weighted by Gasteiger charge is -2.02. The summed E-state index contributed by atoms with van der Waals surface area (Å²) in [6, 6.07) is 11.1. The molecule has 1 heterocycles. The van der Waals surface area contributed by atoms with Gasteiger partial charge in [0, 0.05) is 16.2 Å². The molecule has 1 atom stereocenters. The van der Waals surface area contributed by atoms with E-state index in [0.717, 1.165) is 6.20 Å². The average molecular weight is 335 g/mol. The molecule has 1 aromatic carbocycles. The van der Waals surface area contributed by atoms with Crippen LogP contribution in [-0.4, -0.2) is 16.2 Å². The highest BCUT2D eigenvalue weighted by Gasteiger charge is 2.15. The standard InChI is InChI=1S/C15H11ClN2O3S/c1-22(20,13-6-4-12(16)5-7-13)18-10-11(9-17)15(19)14-3-2-8-21-14/h2-8,10H,1H3/b11-10+/t22-/m1/s1. The van der Waals surface area contributed by atoms with Gasteiger partial charge in [-0.1, -0.05) is 11.6 Å². The van der Waals surface area contributed by atoms with E-state index in [1.807, 2.05) is 0 Å². The first kappa shape index (κ1) is 16.0. The van der Waals surface area contributed by atoms with E-state index in [9.17, 15) is 9.00 Å². The molecule has 5 nitrogen and oxygen atoms in total. The van der Waals surface area contributed by atoms with E-state index in [0.29, 0.717) is 9.92 Å². The topological polar surface area (TPSA) is 83.4 Å². The number of hydrogen-bond donors (Lipinski definition) is 0. The van der Waals surface area contributed by atoms with E-state index in [2.05, 4.69) is 4.36 Å². The van der Waals surface area contributed by atoms with Crippen molar-refractivity contribution < 1.29 is 13.4 Å². The SMILES string of the molecule is C[S@](=O)(=N/C=C(\C#N)C(=O)c1ccco1)c1ccc(Cl)cc1. The zero-order valence-electron chi connectivity index (χ0n) is 11.5. The Hall–Kier alpha value is -2.36. The van der Waals surface area contributed by atoms with Gasteiger partial charge in [0.2, 0.25) is 5.78 Å². The molecule has 0 saturated heterocycles. The summed E-state index contributed by atoms with van der Waals surface area (Å²) < 4.78 is 21.4. The average Bonchev–Trinajstić information content (AvgIpc) is 3.02. The van der Waals surface area contributed by atoms with Crippen LogP contribution >= 0.6 is 11.6 Å². The number of nitrogens with zero attached hydrogens (tertiary/aromatic N) is 2. The molecule has 0 fully saturated rings. The Bertz CT molecular complexity index is 869. The molecule has 0 N–H and O–H groups in total. The van der Waals surface area contributed by atoms with E-state index < -0.39 is 15.5 Å². The van der Waals surface area contributed by atoms with Crippen LogP contribution in [-0.2, 0) is 9.73 Å². The summed E-state index contributed by atoms with van der Waals surface area (Å²) in [5, 5.41) is 9.56. The number of halogens is 1. The van der Waals surface area contributed by atoms with Gasteiger partial charge in [-0.15, -0.1) is 0 Å². The summed E-state index contributed by atoms with van der Waals surface area (Å²) in [5.74, 6) is -0.584. The lowest BCUT2D eigenvalue weighted by Crippen LogP contribution is -2.01. The molecule has 7 heteroatoms. The van der Waals surface area contributed by atoms with E-state index in [1.54, 1.807) is 30.3 Å². The molecule has 0 amide bonds. The molecule has 2 rings (SSSR count). The molecule has 0 unspecified atom stereocenters. The predicted octanol–water partition coefficient (Wildman–Crippen LogP) is 3.68. The van der Waals surface area contributed by atoms with Crippen molar-refractivity contribution in [3.8, 4) is 6.07 Å². The summed E-state index contributed by atoms with van der Waals surface area (Å²) in [7, 11) is -2.78. The molecule has 0 aliphatic heterocycles. The molecule has 0 radical (unpaired) electrons. The maximum Gasteiger partial charge on any atom is 0.240 e. The number of allylic oxidation sites excluding steroid dienone is 1. The monoisotopic (exact) mass is 334 g/mol. The largest absolute Gasteiger partial charge is 0.461 e. The van der Waals surface area contributed by atoms with Crippen LogP contribution in [0.5, 0.6) is 0 Å². The molecule has 22 heavy (non-hydrogen) atoms. The zero-order chi connectivity index (χ0) is 16.2. The smallest absolute Gasteiger partial charge is 0.240 e. The van der Waals surface area contributed by atoms with Crippen molar-refractivity contribution in [1.29, 1.82) is 5.26 Å². The van der Waals surface area contributed by atoms with Gasteiger partial charge in [-0.3, -0.25) is 4.79 Å². The summed E-state index contributed by atoms with van der Waals surface area (Å²) in [6.07, 6.45) is 3.76. The van der Waals surface area contributed by atoms with E-state index in [4.69, 9.17) is 21.3 Å². The zero-order valence-corrected chi connectivity index (χ0v) is 13.1. The Morgan fingerprint density at radius 3 is 2.59 bits per heavy atom. The van der Waals surface area contributed by atoms with Gasteiger partial charge in [-0.25, -0.2) is 8.57 Å². The Labute approximate surface area is 133 Å². The molecular formula is C15H11ClN2O3S. The fourth-order valence-corrected chi connectivity index (χ4v) is 2.78. The normalized spacial score (nSPS) is 14.0. The highest BCUT2D eigenvalue weighted by molar-refractivity contribution is 7.93. The number of carbonyl (C=O) groups is 1. The number of rotatable bonds is 4. The lowest BCUT2D eigenvalue weighted by molar-refractivity contribution is 0.101. The molecule has 0 bridgehead atoms. The van der Waals surface area contributed by atoms with Crippen molar-refractivity contribution >= 4 is 27.1 Å². The summed E-state index contributed by atoms with van der Waals surface area (Å²) in [6.45, 7) is 0. The van der Waals surface area contributed by atoms with Gasteiger partial charge in [0.1, 0.15) is 11.6 Å². The molecule has 2 aromatic rings. The summed E-state index contributed by atoms with van der Waals surface area (Å²) in [5.41, 5.74) is -0.251. The van der Waals surface area contributed by atoms with E-state index in [1.165, 1.54) is 24.7 Å². The predicted molar refractivity (Wildman–Crippen MR) is 82.9 cm³/mol. The van der Waals surface area contributed by atoms with Gasteiger partial charge in [0.05, 0.1) is 22.2 Å². The first-order chi connectivity index (χ1) is 10.4. The first-order valence-corrected chi connectivity index (χ1v) is 8.39. The number of hydrogen-bond acceptors (Lipinski definition) is 5. The lowest BCUT2D eigenvalue weighted by atomic mass is 10.1. The number of furan rings is 1. The fourth-order valence-electron chi connectivity index (χ4n) is 1.58. The Morgan fingerprint density at radius 1 is 1.36 bits per heavy atom. The molecule has 0 spiro atoms. The van der Waals surface area contributed by atoms with Crippen molar-refractivity contribution in [1.82, 2.24) is 0 Å². The number of nitriles is 1. The molecule has 0 aliphatic carbocycles. The second-order valence-electron chi connectivity index (χ2n) is 4.32. The first-order valence-electron chi connectivity index (χ1n) is 6.09. The van der Waals surface area contributed by atoms with Crippen LogP contribution in [0.4, 0.5) is 0 Å². The number of carbonyl (C=O) groups excluding carboxylic acids is 1. The number of benzene rings is 1.